The number of alkyl halides is 3. The third-order valence-corrected chi connectivity index (χ3v) is 9.27. The van der Waals surface area contributed by atoms with Gasteiger partial charge >= 0.3 is 6.18 Å². The average Bonchev–Trinajstić information content (AvgIpc) is 3.12. The van der Waals surface area contributed by atoms with Gasteiger partial charge in [-0.3, -0.25) is 9.59 Å². The molecule has 1 amide bonds. The standard InChI is InChI=1S/C39H37F5N4O2/c40-33-9-6-7-30(37(33)41)17-20-35-45-38(50)32-8-2-3-10-34(32)48(35)26-36(49)47(24-23-46-21-4-1-5-22-46)25-27-11-13-28(14-12-27)29-15-18-31(19-16-29)39(42,43)44/h2-3,6-16,18-19H,1,4-5,17,20-26H2. The Labute approximate surface area is 286 Å². The summed E-state index contributed by atoms with van der Waals surface area (Å²) in [5.41, 5.74) is 1.73. The van der Waals surface area contributed by atoms with Crippen LogP contribution in [-0.4, -0.2) is 51.4 Å². The van der Waals surface area contributed by atoms with Crippen LogP contribution in [0.15, 0.2) is 95.8 Å². The van der Waals surface area contributed by atoms with E-state index >= 15 is 0 Å². The fraction of sp³-hybridized carbons (Fsp3) is 0.308. The molecule has 2 heterocycles. The third-order valence-electron chi connectivity index (χ3n) is 9.27. The summed E-state index contributed by atoms with van der Waals surface area (Å²) in [6, 6.07) is 23.2. The van der Waals surface area contributed by atoms with Gasteiger partial charge in [0.1, 0.15) is 12.4 Å². The first kappa shape index (κ1) is 34.9. The Morgan fingerprint density at radius 1 is 0.800 bits per heavy atom. The minimum atomic E-state index is -4.41. The molecule has 1 aromatic heterocycles. The van der Waals surface area contributed by atoms with E-state index in [9.17, 15) is 31.5 Å². The number of fused-ring (bicyclic) bond motifs is 1. The van der Waals surface area contributed by atoms with E-state index in [0.29, 0.717) is 35.4 Å². The fourth-order valence-corrected chi connectivity index (χ4v) is 6.47. The SMILES string of the molecule is O=C(Cn1c(CCc2cccc(F)c2F)nc(=O)c2ccccc21)N(CCN1CCCCC1)Cc1ccc(-c2ccc(C(F)(F)F)cc2)cc1. The number of benzene rings is 4. The highest BCUT2D eigenvalue weighted by atomic mass is 19.4. The first-order chi connectivity index (χ1) is 24.1. The second kappa shape index (κ2) is 15.3. The van der Waals surface area contributed by atoms with Gasteiger partial charge in [0.25, 0.3) is 5.56 Å². The molecular formula is C39H37F5N4O2. The molecule has 0 bridgehead atoms. The lowest BCUT2D eigenvalue weighted by molar-refractivity contribution is -0.137. The number of aromatic nitrogens is 2. The first-order valence-corrected chi connectivity index (χ1v) is 16.7. The molecule has 0 spiro atoms. The zero-order valence-corrected chi connectivity index (χ0v) is 27.4. The van der Waals surface area contributed by atoms with Crippen molar-refractivity contribution in [3.05, 3.63) is 135 Å². The summed E-state index contributed by atoms with van der Waals surface area (Å²) >= 11 is 0. The lowest BCUT2D eigenvalue weighted by Gasteiger charge is -2.30. The van der Waals surface area contributed by atoms with Crippen molar-refractivity contribution in [1.82, 2.24) is 19.4 Å². The zero-order chi connectivity index (χ0) is 35.3. The molecule has 1 aliphatic heterocycles. The minimum Gasteiger partial charge on any atom is -0.336 e. The molecule has 50 heavy (non-hydrogen) atoms. The van der Waals surface area contributed by atoms with Gasteiger partial charge in [-0.2, -0.15) is 18.2 Å². The molecule has 0 atom stereocenters. The average molecular weight is 689 g/mol. The number of rotatable bonds is 11. The van der Waals surface area contributed by atoms with Crippen molar-refractivity contribution in [3.63, 3.8) is 0 Å². The highest BCUT2D eigenvalue weighted by molar-refractivity contribution is 5.82. The summed E-state index contributed by atoms with van der Waals surface area (Å²) in [4.78, 5) is 35.6. The van der Waals surface area contributed by atoms with Gasteiger partial charge in [-0.05, 0) is 84.9 Å². The van der Waals surface area contributed by atoms with Crippen molar-refractivity contribution < 1.29 is 26.7 Å². The molecular weight excluding hydrogens is 651 g/mol. The maximum Gasteiger partial charge on any atom is 0.416 e. The Morgan fingerprint density at radius 3 is 2.18 bits per heavy atom. The Hall–Kier alpha value is -4.90. The highest BCUT2D eigenvalue weighted by Crippen LogP contribution is 2.31. The van der Waals surface area contributed by atoms with Crippen molar-refractivity contribution in [1.29, 1.82) is 0 Å². The molecule has 0 aliphatic carbocycles. The van der Waals surface area contributed by atoms with Gasteiger partial charge in [0.15, 0.2) is 11.6 Å². The quantitative estimate of drug-likeness (QED) is 0.134. The van der Waals surface area contributed by atoms with Crippen LogP contribution < -0.4 is 5.56 Å². The number of aryl methyl sites for hydroxylation is 2. The molecule has 11 heteroatoms. The summed E-state index contributed by atoms with van der Waals surface area (Å²) in [6.07, 6.45) is -0.851. The van der Waals surface area contributed by atoms with Gasteiger partial charge < -0.3 is 14.4 Å². The number of amides is 1. The Kier molecular flexibility index (Phi) is 10.7. The number of likely N-dealkylation sites (tertiary alicyclic amines) is 1. The van der Waals surface area contributed by atoms with Crippen LogP contribution in [0, 0.1) is 11.6 Å². The molecule has 0 radical (unpaired) electrons. The van der Waals surface area contributed by atoms with Gasteiger partial charge in [-0.1, -0.05) is 67.1 Å². The summed E-state index contributed by atoms with van der Waals surface area (Å²) in [7, 11) is 0. The normalized spacial score (nSPS) is 13.9. The summed E-state index contributed by atoms with van der Waals surface area (Å²) in [5, 5.41) is 0.347. The minimum absolute atomic E-state index is 0.0759. The van der Waals surface area contributed by atoms with Crippen molar-refractivity contribution in [2.45, 2.75) is 51.4 Å². The Balaban J connectivity index is 1.26. The van der Waals surface area contributed by atoms with E-state index in [-0.39, 0.29) is 37.4 Å². The molecule has 0 unspecified atom stereocenters. The number of hydrogen-bond donors (Lipinski definition) is 0. The number of carbonyl (C=O) groups excluding carboxylic acids is 1. The highest BCUT2D eigenvalue weighted by Gasteiger charge is 2.30. The van der Waals surface area contributed by atoms with Gasteiger partial charge in [-0.15, -0.1) is 0 Å². The van der Waals surface area contributed by atoms with E-state index in [2.05, 4.69) is 9.88 Å². The van der Waals surface area contributed by atoms with E-state index in [1.165, 1.54) is 30.7 Å². The second-order valence-corrected chi connectivity index (χ2v) is 12.6. The first-order valence-electron chi connectivity index (χ1n) is 16.7. The van der Waals surface area contributed by atoms with Crippen LogP contribution in [0.25, 0.3) is 22.0 Å². The Morgan fingerprint density at radius 2 is 1.48 bits per heavy atom. The molecule has 5 aromatic rings. The lowest BCUT2D eigenvalue weighted by Crippen LogP contribution is -2.41. The molecule has 6 nitrogen and oxygen atoms in total. The van der Waals surface area contributed by atoms with Crippen LogP contribution in [0.1, 0.15) is 41.8 Å². The maximum absolute atomic E-state index is 14.5. The number of carbonyl (C=O) groups is 1. The van der Waals surface area contributed by atoms with Crippen molar-refractivity contribution in [3.8, 4) is 11.1 Å². The van der Waals surface area contributed by atoms with Crippen LogP contribution in [0.3, 0.4) is 0 Å². The number of nitrogens with zero attached hydrogens (tertiary/aromatic N) is 4. The van der Waals surface area contributed by atoms with Gasteiger partial charge in [0.2, 0.25) is 5.91 Å². The molecule has 4 aromatic carbocycles. The van der Waals surface area contributed by atoms with E-state index < -0.39 is 28.9 Å². The van der Waals surface area contributed by atoms with Crippen LogP contribution in [0.2, 0.25) is 0 Å². The number of hydrogen-bond acceptors (Lipinski definition) is 4. The zero-order valence-electron chi connectivity index (χ0n) is 27.4. The van der Waals surface area contributed by atoms with Gasteiger partial charge in [0, 0.05) is 26.1 Å². The molecule has 260 valence electrons. The number of halogens is 5. The van der Waals surface area contributed by atoms with E-state index in [1.807, 2.05) is 24.3 Å². The molecule has 1 aliphatic rings. The van der Waals surface area contributed by atoms with Crippen molar-refractivity contribution in [2.75, 3.05) is 26.2 Å². The van der Waals surface area contributed by atoms with Crippen LogP contribution in [-0.2, 0) is 36.9 Å². The van der Waals surface area contributed by atoms with Crippen LogP contribution in [0.5, 0.6) is 0 Å². The molecule has 6 rings (SSSR count). The van der Waals surface area contributed by atoms with E-state index in [4.69, 9.17) is 0 Å². The van der Waals surface area contributed by atoms with E-state index in [0.717, 1.165) is 55.3 Å². The van der Waals surface area contributed by atoms with E-state index in [1.54, 1.807) is 33.7 Å². The second-order valence-electron chi connectivity index (χ2n) is 12.6. The van der Waals surface area contributed by atoms with Crippen molar-refractivity contribution in [2.24, 2.45) is 0 Å². The molecule has 1 saturated heterocycles. The van der Waals surface area contributed by atoms with Crippen molar-refractivity contribution >= 4 is 16.8 Å². The Bertz CT molecular complexity index is 2000. The number of para-hydroxylation sites is 1. The van der Waals surface area contributed by atoms with Gasteiger partial charge in [-0.25, -0.2) is 8.78 Å². The molecule has 0 N–H and O–H groups in total. The van der Waals surface area contributed by atoms with Crippen LogP contribution >= 0.6 is 0 Å². The number of piperidine rings is 1. The summed E-state index contributed by atoms with van der Waals surface area (Å²) in [5.74, 6) is -1.82. The predicted octanol–water partition coefficient (Wildman–Crippen LogP) is 7.66. The summed E-state index contributed by atoms with van der Waals surface area (Å²) < 4.78 is 69.3. The fourth-order valence-electron chi connectivity index (χ4n) is 6.47. The third kappa shape index (κ3) is 8.27. The van der Waals surface area contributed by atoms with Crippen LogP contribution in [0.4, 0.5) is 22.0 Å². The monoisotopic (exact) mass is 688 g/mol. The largest absolute Gasteiger partial charge is 0.416 e. The topological polar surface area (TPSA) is 58.4 Å². The molecule has 0 saturated carbocycles. The molecule has 1 fully saturated rings. The maximum atomic E-state index is 14.5. The van der Waals surface area contributed by atoms with Gasteiger partial charge in [0.05, 0.1) is 16.5 Å². The summed E-state index contributed by atoms with van der Waals surface area (Å²) in [6.45, 7) is 3.21. The smallest absolute Gasteiger partial charge is 0.336 e. The lowest BCUT2D eigenvalue weighted by atomic mass is 10.0. The predicted molar refractivity (Wildman–Crippen MR) is 182 cm³/mol.